The summed E-state index contributed by atoms with van der Waals surface area (Å²) in [5.41, 5.74) is 0.441. The summed E-state index contributed by atoms with van der Waals surface area (Å²) in [6.07, 6.45) is 0.292. The summed E-state index contributed by atoms with van der Waals surface area (Å²) in [4.78, 5) is 24.4. The molecular weight excluding hydrogens is 434 g/mol. The van der Waals surface area contributed by atoms with Crippen molar-refractivity contribution in [2.24, 2.45) is 0 Å². The molecule has 0 aliphatic heterocycles. The number of aromatic hydroxyl groups is 3. The number of para-hydroxylation sites is 1. The van der Waals surface area contributed by atoms with E-state index in [9.17, 15) is 29.6 Å². The van der Waals surface area contributed by atoms with Gasteiger partial charge in [-0.15, -0.1) is 0 Å². The fourth-order valence-corrected chi connectivity index (χ4v) is 3.51. The van der Waals surface area contributed by atoms with Crippen LogP contribution in [0, 0.1) is 0 Å². The van der Waals surface area contributed by atoms with E-state index in [0.717, 1.165) is 17.7 Å². The van der Waals surface area contributed by atoms with Crippen LogP contribution in [0.2, 0.25) is 0 Å². The predicted octanol–water partition coefficient (Wildman–Crippen LogP) is 0.549. The molecule has 0 aliphatic carbocycles. The quantitative estimate of drug-likeness (QED) is 0.256. The second-order valence-electron chi connectivity index (χ2n) is 6.37. The van der Waals surface area contributed by atoms with E-state index in [1.165, 1.54) is 24.3 Å². The molecular formula is C21H18NaO8P. The van der Waals surface area contributed by atoms with E-state index in [-0.39, 0.29) is 53.0 Å². The van der Waals surface area contributed by atoms with Crippen molar-refractivity contribution in [1.82, 2.24) is 0 Å². The largest absolute Gasteiger partial charge is 1.00 e. The standard InChI is InChI=1S/C21H19O8P.Na/c22-15-9-6-14(7-10-15)8-11-18(23)21-19(24)12-17(13-20(21)25)29-30(26,27)28-16-4-2-1-3-5-16;/h1-7,9-10,12-13,22,24-25H,8,11H2,(H,26,27);/q;+1/p-1. The number of phosphoric ester groups is 1. The molecule has 0 amide bonds. The molecule has 0 heterocycles. The molecule has 1 atom stereocenters. The second kappa shape index (κ2) is 10.7. The van der Waals surface area contributed by atoms with Gasteiger partial charge in [0.1, 0.15) is 34.3 Å². The van der Waals surface area contributed by atoms with E-state index in [1.54, 1.807) is 30.3 Å². The third kappa shape index (κ3) is 7.02. The fourth-order valence-electron chi connectivity index (χ4n) is 2.73. The Bertz CT molecular complexity index is 1060. The number of aryl methyl sites for hydroxylation is 1. The van der Waals surface area contributed by atoms with Gasteiger partial charge in [0, 0.05) is 18.6 Å². The van der Waals surface area contributed by atoms with Gasteiger partial charge in [0.15, 0.2) is 5.78 Å². The van der Waals surface area contributed by atoms with Gasteiger partial charge in [0.25, 0.3) is 0 Å². The number of phenolic OH excluding ortho intramolecular Hbond substituents is 3. The van der Waals surface area contributed by atoms with Crippen molar-refractivity contribution in [3.05, 3.63) is 77.9 Å². The molecule has 8 nitrogen and oxygen atoms in total. The van der Waals surface area contributed by atoms with Crippen molar-refractivity contribution < 1.29 is 68.2 Å². The molecule has 31 heavy (non-hydrogen) atoms. The van der Waals surface area contributed by atoms with Gasteiger partial charge in [-0.05, 0) is 36.2 Å². The number of ketones is 1. The molecule has 0 bridgehead atoms. The molecule has 10 heteroatoms. The van der Waals surface area contributed by atoms with Crippen molar-refractivity contribution in [1.29, 1.82) is 0 Å². The van der Waals surface area contributed by atoms with Crippen molar-refractivity contribution >= 4 is 13.6 Å². The number of hydrogen-bond donors (Lipinski definition) is 3. The van der Waals surface area contributed by atoms with Gasteiger partial charge in [-0.1, -0.05) is 30.3 Å². The molecule has 156 valence electrons. The third-order valence-electron chi connectivity index (χ3n) is 4.10. The van der Waals surface area contributed by atoms with Crippen LogP contribution in [0.15, 0.2) is 66.7 Å². The SMILES string of the molecule is O=C(CCc1ccc(O)cc1)c1c(O)cc(OP(=O)([O-])Oc2ccccc2)cc1O.[Na+]. The average molecular weight is 452 g/mol. The van der Waals surface area contributed by atoms with Gasteiger partial charge in [-0.3, -0.25) is 4.79 Å². The molecule has 3 N–H and O–H groups in total. The number of carbonyl (C=O) groups excluding carboxylic acids is 1. The van der Waals surface area contributed by atoms with Gasteiger partial charge in [0.2, 0.25) is 0 Å². The summed E-state index contributed by atoms with van der Waals surface area (Å²) >= 11 is 0. The van der Waals surface area contributed by atoms with Crippen LogP contribution in [0.1, 0.15) is 22.3 Å². The Kier molecular flexibility index (Phi) is 8.56. The second-order valence-corrected chi connectivity index (χ2v) is 7.63. The Hall–Kier alpha value is -2.48. The molecule has 3 aromatic carbocycles. The van der Waals surface area contributed by atoms with Crippen LogP contribution >= 0.6 is 7.82 Å². The van der Waals surface area contributed by atoms with Gasteiger partial charge >= 0.3 is 37.4 Å². The van der Waals surface area contributed by atoms with Gasteiger partial charge < -0.3 is 29.3 Å². The first-order valence-electron chi connectivity index (χ1n) is 8.86. The Balaban J connectivity index is 0.00000341. The predicted molar refractivity (Wildman–Crippen MR) is 106 cm³/mol. The number of phenols is 3. The average Bonchev–Trinajstić information content (AvgIpc) is 2.67. The Morgan fingerprint density at radius 2 is 1.42 bits per heavy atom. The molecule has 0 saturated carbocycles. The van der Waals surface area contributed by atoms with Crippen LogP contribution < -0.4 is 43.5 Å². The maximum Gasteiger partial charge on any atom is 1.00 e. The first kappa shape index (κ1) is 24.8. The Morgan fingerprint density at radius 3 is 2.00 bits per heavy atom. The van der Waals surface area contributed by atoms with Crippen LogP contribution in [0.3, 0.4) is 0 Å². The maximum atomic E-state index is 12.4. The van der Waals surface area contributed by atoms with Gasteiger partial charge in [0.05, 0.1) is 0 Å². The van der Waals surface area contributed by atoms with E-state index < -0.39 is 30.9 Å². The number of Topliss-reactive ketones (excluding diaryl/α,β-unsaturated/α-hetero) is 1. The maximum absolute atomic E-state index is 12.4. The van der Waals surface area contributed by atoms with Crippen LogP contribution in [-0.2, 0) is 11.0 Å². The first-order chi connectivity index (χ1) is 14.2. The van der Waals surface area contributed by atoms with Gasteiger partial charge in [-0.2, -0.15) is 0 Å². The molecule has 0 saturated heterocycles. The van der Waals surface area contributed by atoms with Crippen LogP contribution in [0.25, 0.3) is 0 Å². The number of phosphoric acid groups is 1. The van der Waals surface area contributed by atoms with E-state index >= 15 is 0 Å². The third-order valence-corrected chi connectivity index (χ3v) is 4.97. The summed E-state index contributed by atoms with van der Waals surface area (Å²) in [5.74, 6) is -2.07. The first-order valence-corrected chi connectivity index (χ1v) is 10.3. The topological polar surface area (TPSA) is 136 Å². The Labute approximate surface area is 200 Å². The van der Waals surface area contributed by atoms with E-state index in [1.807, 2.05) is 0 Å². The van der Waals surface area contributed by atoms with E-state index in [2.05, 4.69) is 0 Å². The fraction of sp³-hybridized carbons (Fsp3) is 0.0952. The summed E-state index contributed by atoms with van der Waals surface area (Å²) in [6, 6.07) is 15.7. The zero-order chi connectivity index (χ0) is 21.7. The minimum absolute atomic E-state index is 0. The summed E-state index contributed by atoms with van der Waals surface area (Å²) < 4.78 is 21.6. The molecule has 0 radical (unpaired) electrons. The normalized spacial score (nSPS) is 12.3. The smallest absolute Gasteiger partial charge is 0.736 e. The summed E-state index contributed by atoms with van der Waals surface area (Å²) in [5, 5.41) is 29.6. The molecule has 0 aliphatic rings. The molecule has 1 unspecified atom stereocenters. The minimum atomic E-state index is -4.85. The number of rotatable bonds is 8. The number of hydrogen-bond acceptors (Lipinski definition) is 8. The molecule has 0 fully saturated rings. The van der Waals surface area contributed by atoms with Crippen molar-refractivity contribution in [2.75, 3.05) is 0 Å². The van der Waals surface area contributed by atoms with Crippen LogP contribution in [0.5, 0.6) is 28.7 Å². The molecule has 0 aromatic heterocycles. The molecule has 0 spiro atoms. The van der Waals surface area contributed by atoms with Crippen molar-refractivity contribution in [3.8, 4) is 28.7 Å². The molecule has 3 aromatic rings. The Morgan fingerprint density at radius 1 is 0.871 bits per heavy atom. The van der Waals surface area contributed by atoms with E-state index in [0.29, 0.717) is 6.42 Å². The van der Waals surface area contributed by atoms with Crippen LogP contribution in [-0.4, -0.2) is 21.1 Å². The summed E-state index contributed by atoms with van der Waals surface area (Å²) in [7, 11) is -4.85. The van der Waals surface area contributed by atoms with E-state index in [4.69, 9.17) is 9.05 Å². The van der Waals surface area contributed by atoms with Crippen molar-refractivity contribution in [3.63, 3.8) is 0 Å². The number of carbonyl (C=O) groups is 1. The van der Waals surface area contributed by atoms with Crippen molar-refractivity contribution in [2.45, 2.75) is 12.8 Å². The summed E-state index contributed by atoms with van der Waals surface area (Å²) in [6.45, 7) is 0. The van der Waals surface area contributed by atoms with Gasteiger partial charge in [-0.25, -0.2) is 4.57 Å². The zero-order valence-electron chi connectivity index (χ0n) is 16.6. The molecule has 3 rings (SSSR count). The number of benzene rings is 3. The van der Waals surface area contributed by atoms with Crippen LogP contribution in [0.4, 0.5) is 0 Å². The monoisotopic (exact) mass is 452 g/mol. The zero-order valence-corrected chi connectivity index (χ0v) is 19.5. The minimum Gasteiger partial charge on any atom is -0.736 e.